The summed E-state index contributed by atoms with van der Waals surface area (Å²) in [6, 6.07) is 7.45. The van der Waals surface area contributed by atoms with Crippen molar-refractivity contribution in [2.24, 2.45) is 0 Å². The lowest BCUT2D eigenvalue weighted by Crippen LogP contribution is -2.49. The molecule has 1 saturated heterocycles. The summed E-state index contributed by atoms with van der Waals surface area (Å²) >= 11 is 0. The van der Waals surface area contributed by atoms with Gasteiger partial charge in [0, 0.05) is 44.7 Å². The van der Waals surface area contributed by atoms with E-state index in [2.05, 4.69) is 17.1 Å². The molecule has 1 aliphatic heterocycles. The Labute approximate surface area is 132 Å². The second kappa shape index (κ2) is 7.94. The van der Waals surface area contributed by atoms with E-state index in [-0.39, 0.29) is 11.8 Å². The fourth-order valence-corrected chi connectivity index (χ4v) is 2.64. The largest absolute Gasteiger partial charge is 0.352 e. The van der Waals surface area contributed by atoms with E-state index in [0.29, 0.717) is 18.5 Å². The Morgan fingerprint density at radius 3 is 2.55 bits per heavy atom. The van der Waals surface area contributed by atoms with Crippen LogP contribution in [0.25, 0.3) is 0 Å². The standard InChI is InChI=1S/C17H25N3O2/c1-3-19-9-11-20(12-10-19)16(21)7-8-18-17(22)15-6-4-5-14(2)13-15/h4-6,13H,3,7-12H2,1-2H3,(H,18,22). The van der Waals surface area contributed by atoms with Crippen LogP contribution in [0.5, 0.6) is 0 Å². The van der Waals surface area contributed by atoms with Crippen LogP contribution in [0.3, 0.4) is 0 Å². The zero-order chi connectivity index (χ0) is 15.9. The van der Waals surface area contributed by atoms with Gasteiger partial charge in [0.15, 0.2) is 0 Å². The molecular weight excluding hydrogens is 278 g/mol. The van der Waals surface area contributed by atoms with Crippen molar-refractivity contribution in [3.63, 3.8) is 0 Å². The molecule has 0 bridgehead atoms. The molecule has 2 rings (SSSR count). The fourth-order valence-electron chi connectivity index (χ4n) is 2.64. The third-order valence-electron chi connectivity index (χ3n) is 4.08. The van der Waals surface area contributed by atoms with Crippen LogP contribution in [0.2, 0.25) is 0 Å². The van der Waals surface area contributed by atoms with Gasteiger partial charge in [-0.2, -0.15) is 0 Å². The Morgan fingerprint density at radius 1 is 1.18 bits per heavy atom. The number of hydrogen-bond acceptors (Lipinski definition) is 3. The van der Waals surface area contributed by atoms with Crippen LogP contribution in [0, 0.1) is 6.92 Å². The lowest BCUT2D eigenvalue weighted by molar-refractivity contribution is -0.132. The van der Waals surface area contributed by atoms with Crippen LogP contribution in [0.1, 0.15) is 29.3 Å². The Balaban J connectivity index is 1.72. The Kier molecular flexibility index (Phi) is 5.95. The molecule has 0 aromatic heterocycles. The highest BCUT2D eigenvalue weighted by Crippen LogP contribution is 2.05. The maximum Gasteiger partial charge on any atom is 0.251 e. The number of aryl methyl sites for hydroxylation is 1. The minimum atomic E-state index is -0.118. The number of carbonyl (C=O) groups excluding carboxylic acids is 2. The zero-order valence-corrected chi connectivity index (χ0v) is 13.5. The van der Waals surface area contributed by atoms with Crippen LogP contribution in [0.15, 0.2) is 24.3 Å². The molecular formula is C17H25N3O2. The van der Waals surface area contributed by atoms with Crippen LogP contribution >= 0.6 is 0 Å². The molecule has 0 unspecified atom stereocenters. The second-order valence-electron chi connectivity index (χ2n) is 5.69. The summed E-state index contributed by atoms with van der Waals surface area (Å²) in [5, 5.41) is 2.82. The van der Waals surface area contributed by atoms with Gasteiger partial charge in [-0.3, -0.25) is 9.59 Å². The number of hydrogen-bond donors (Lipinski definition) is 1. The van der Waals surface area contributed by atoms with E-state index in [0.717, 1.165) is 38.3 Å². The van der Waals surface area contributed by atoms with Crippen molar-refractivity contribution in [3.8, 4) is 0 Å². The Morgan fingerprint density at radius 2 is 1.91 bits per heavy atom. The summed E-state index contributed by atoms with van der Waals surface area (Å²) in [5.74, 6) is 0.00703. The van der Waals surface area contributed by atoms with Gasteiger partial charge in [-0.1, -0.05) is 24.6 Å². The summed E-state index contributed by atoms with van der Waals surface area (Å²) in [6.45, 7) is 8.98. The maximum atomic E-state index is 12.1. The summed E-state index contributed by atoms with van der Waals surface area (Å²) in [6.07, 6.45) is 0.365. The van der Waals surface area contributed by atoms with E-state index in [9.17, 15) is 9.59 Å². The Hall–Kier alpha value is -1.88. The molecule has 5 heteroatoms. The number of likely N-dealkylation sites (N-methyl/N-ethyl adjacent to an activating group) is 1. The first kappa shape index (κ1) is 16.5. The van der Waals surface area contributed by atoms with Gasteiger partial charge in [0.1, 0.15) is 0 Å². The predicted octanol–water partition coefficient (Wildman–Crippen LogP) is 1.28. The number of rotatable bonds is 5. The quantitative estimate of drug-likeness (QED) is 0.891. The predicted molar refractivity (Wildman–Crippen MR) is 86.8 cm³/mol. The lowest BCUT2D eigenvalue weighted by atomic mass is 10.1. The minimum Gasteiger partial charge on any atom is -0.352 e. The number of nitrogens with zero attached hydrogens (tertiary/aromatic N) is 2. The summed E-state index contributed by atoms with van der Waals surface area (Å²) in [5.41, 5.74) is 1.70. The SMILES string of the molecule is CCN1CCN(C(=O)CCNC(=O)c2cccc(C)c2)CC1. The smallest absolute Gasteiger partial charge is 0.251 e. The van der Waals surface area contributed by atoms with Crippen molar-refractivity contribution in [3.05, 3.63) is 35.4 Å². The third-order valence-corrected chi connectivity index (χ3v) is 4.08. The maximum absolute atomic E-state index is 12.1. The van der Waals surface area contributed by atoms with Crippen molar-refractivity contribution in [1.29, 1.82) is 0 Å². The van der Waals surface area contributed by atoms with Crippen molar-refractivity contribution < 1.29 is 9.59 Å². The molecule has 1 heterocycles. The van der Waals surface area contributed by atoms with Gasteiger partial charge in [-0.05, 0) is 25.6 Å². The average molecular weight is 303 g/mol. The minimum absolute atomic E-state index is 0.118. The van der Waals surface area contributed by atoms with Gasteiger partial charge >= 0.3 is 0 Å². The molecule has 0 spiro atoms. The van der Waals surface area contributed by atoms with Gasteiger partial charge in [0.05, 0.1) is 0 Å². The summed E-state index contributed by atoms with van der Waals surface area (Å²) in [4.78, 5) is 28.3. The highest BCUT2D eigenvalue weighted by Gasteiger charge is 2.19. The molecule has 5 nitrogen and oxygen atoms in total. The number of amides is 2. The average Bonchev–Trinajstić information content (AvgIpc) is 2.54. The van der Waals surface area contributed by atoms with Crippen molar-refractivity contribution in [1.82, 2.24) is 15.1 Å². The van der Waals surface area contributed by atoms with Crippen LogP contribution in [0.4, 0.5) is 0 Å². The van der Waals surface area contributed by atoms with Crippen molar-refractivity contribution in [2.45, 2.75) is 20.3 Å². The molecule has 2 amide bonds. The molecule has 0 saturated carbocycles. The van der Waals surface area contributed by atoms with Crippen LogP contribution < -0.4 is 5.32 Å². The highest BCUT2D eigenvalue weighted by atomic mass is 16.2. The van der Waals surface area contributed by atoms with Crippen molar-refractivity contribution in [2.75, 3.05) is 39.3 Å². The first-order chi connectivity index (χ1) is 10.6. The van der Waals surface area contributed by atoms with Gasteiger partial charge < -0.3 is 15.1 Å². The topological polar surface area (TPSA) is 52.6 Å². The van der Waals surface area contributed by atoms with Crippen LogP contribution in [-0.2, 0) is 4.79 Å². The molecule has 120 valence electrons. The van der Waals surface area contributed by atoms with E-state index in [1.807, 2.05) is 30.0 Å². The van der Waals surface area contributed by atoms with E-state index in [1.54, 1.807) is 6.07 Å². The molecule has 1 aromatic rings. The normalized spacial score (nSPS) is 15.6. The van der Waals surface area contributed by atoms with Gasteiger partial charge in [0.25, 0.3) is 5.91 Å². The molecule has 0 radical (unpaired) electrons. The summed E-state index contributed by atoms with van der Waals surface area (Å²) < 4.78 is 0. The first-order valence-electron chi connectivity index (χ1n) is 7.95. The molecule has 1 aromatic carbocycles. The van der Waals surface area contributed by atoms with Crippen LogP contribution in [-0.4, -0.2) is 60.9 Å². The van der Waals surface area contributed by atoms with E-state index in [4.69, 9.17) is 0 Å². The molecule has 1 N–H and O–H groups in total. The van der Waals surface area contributed by atoms with Gasteiger partial charge in [0.2, 0.25) is 5.91 Å². The van der Waals surface area contributed by atoms with E-state index < -0.39 is 0 Å². The third kappa shape index (κ3) is 4.56. The molecule has 0 atom stereocenters. The molecule has 1 aliphatic rings. The monoisotopic (exact) mass is 303 g/mol. The Bertz CT molecular complexity index is 522. The van der Waals surface area contributed by atoms with E-state index >= 15 is 0 Å². The summed E-state index contributed by atoms with van der Waals surface area (Å²) in [7, 11) is 0. The van der Waals surface area contributed by atoms with E-state index in [1.165, 1.54) is 0 Å². The highest BCUT2D eigenvalue weighted by molar-refractivity contribution is 5.94. The second-order valence-corrected chi connectivity index (χ2v) is 5.69. The lowest BCUT2D eigenvalue weighted by Gasteiger charge is -2.34. The molecule has 0 aliphatic carbocycles. The first-order valence-corrected chi connectivity index (χ1v) is 7.95. The molecule has 22 heavy (non-hydrogen) atoms. The van der Waals surface area contributed by atoms with Crippen molar-refractivity contribution >= 4 is 11.8 Å². The van der Waals surface area contributed by atoms with Gasteiger partial charge in [-0.15, -0.1) is 0 Å². The zero-order valence-electron chi connectivity index (χ0n) is 13.5. The number of piperazine rings is 1. The fraction of sp³-hybridized carbons (Fsp3) is 0.529. The molecule has 1 fully saturated rings. The number of nitrogens with one attached hydrogen (secondary N) is 1. The van der Waals surface area contributed by atoms with Gasteiger partial charge in [-0.25, -0.2) is 0 Å². The number of carbonyl (C=O) groups is 2. The number of benzene rings is 1.